The number of pyridine rings is 1. The van der Waals surface area contributed by atoms with Crippen molar-refractivity contribution >= 4 is 11.7 Å². The molecule has 3 rings (SSSR count). The second-order valence-corrected chi connectivity index (χ2v) is 6.31. The standard InChI is InChI=1S/C22H23N3O2/c1-3-16-5-9-18(10-6-16)27-19-11-7-17(8-12-19)14-24-22(26)20-13-4-15(2)25-21(20)23/h4-13H,3,14H2,1-2H3,(H2,23,25)(H,24,26). The van der Waals surface area contributed by atoms with Crippen molar-refractivity contribution in [2.24, 2.45) is 0 Å². The highest BCUT2D eigenvalue weighted by Crippen LogP contribution is 2.22. The average molecular weight is 361 g/mol. The summed E-state index contributed by atoms with van der Waals surface area (Å²) in [6.45, 7) is 4.36. The molecule has 0 aliphatic heterocycles. The second-order valence-electron chi connectivity index (χ2n) is 6.31. The molecule has 0 unspecified atom stereocenters. The van der Waals surface area contributed by atoms with Gasteiger partial charge in [-0.25, -0.2) is 4.98 Å². The molecule has 27 heavy (non-hydrogen) atoms. The van der Waals surface area contributed by atoms with E-state index in [2.05, 4.69) is 29.4 Å². The van der Waals surface area contributed by atoms with Gasteiger partial charge in [0.15, 0.2) is 0 Å². The van der Waals surface area contributed by atoms with Gasteiger partial charge in [-0.1, -0.05) is 31.2 Å². The van der Waals surface area contributed by atoms with E-state index in [9.17, 15) is 4.79 Å². The number of ether oxygens (including phenoxy) is 1. The summed E-state index contributed by atoms with van der Waals surface area (Å²) in [7, 11) is 0. The smallest absolute Gasteiger partial charge is 0.255 e. The minimum atomic E-state index is -0.239. The summed E-state index contributed by atoms with van der Waals surface area (Å²) in [4.78, 5) is 16.4. The zero-order valence-electron chi connectivity index (χ0n) is 15.5. The maximum atomic E-state index is 12.3. The number of hydrogen-bond acceptors (Lipinski definition) is 4. The molecule has 2 aromatic carbocycles. The van der Waals surface area contributed by atoms with Crippen molar-refractivity contribution in [1.29, 1.82) is 0 Å². The molecular weight excluding hydrogens is 338 g/mol. The fourth-order valence-electron chi connectivity index (χ4n) is 2.65. The van der Waals surface area contributed by atoms with Gasteiger partial charge in [0, 0.05) is 12.2 Å². The van der Waals surface area contributed by atoms with Crippen molar-refractivity contribution in [1.82, 2.24) is 10.3 Å². The molecule has 0 saturated carbocycles. The monoisotopic (exact) mass is 361 g/mol. The largest absolute Gasteiger partial charge is 0.457 e. The molecule has 1 heterocycles. The van der Waals surface area contributed by atoms with E-state index in [1.807, 2.05) is 43.3 Å². The van der Waals surface area contributed by atoms with Crippen molar-refractivity contribution in [3.05, 3.63) is 83.0 Å². The number of aromatic nitrogens is 1. The summed E-state index contributed by atoms with van der Waals surface area (Å²) in [5.74, 6) is 1.55. The Hall–Kier alpha value is -3.34. The first-order valence-corrected chi connectivity index (χ1v) is 8.92. The number of amides is 1. The van der Waals surface area contributed by atoms with E-state index >= 15 is 0 Å². The van der Waals surface area contributed by atoms with Crippen LogP contribution in [0.2, 0.25) is 0 Å². The van der Waals surface area contributed by atoms with E-state index in [1.165, 1.54) is 5.56 Å². The van der Waals surface area contributed by atoms with Crippen molar-refractivity contribution in [3.8, 4) is 11.5 Å². The number of hydrogen-bond donors (Lipinski definition) is 2. The summed E-state index contributed by atoms with van der Waals surface area (Å²) in [5, 5.41) is 2.86. The highest BCUT2D eigenvalue weighted by atomic mass is 16.5. The summed E-state index contributed by atoms with van der Waals surface area (Å²) in [5.41, 5.74) is 9.22. The molecule has 0 bridgehead atoms. The lowest BCUT2D eigenvalue weighted by Crippen LogP contribution is -2.24. The third kappa shape index (κ3) is 4.85. The van der Waals surface area contributed by atoms with E-state index in [0.717, 1.165) is 29.2 Å². The third-order valence-corrected chi connectivity index (χ3v) is 4.25. The number of anilines is 1. The van der Waals surface area contributed by atoms with Gasteiger partial charge in [0.2, 0.25) is 0 Å². The Morgan fingerprint density at radius 3 is 2.11 bits per heavy atom. The van der Waals surface area contributed by atoms with Crippen LogP contribution in [0.3, 0.4) is 0 Å². The summed E-state index contributed by atoms with van der Waals surface area (Å²) in [6.07, 6.45) is 1.00. The number of aryl methyl sites for hydroxylation is 2. The Morgan fingerprint density at radius 1 is 0.963 bits per heavy atom. The van der Waals surface area contributed by atoms with Crippen LogP contribution in [0.15, 0.2) is 60.7 Å². The first-order chi connectivity index (χ1) is 13.0. The van der Waals surface area contributed by atoms with Gasteiger partial charge in [0.1, 0.15) is 17.3 Å². The van der Waals surface area contributed by atoms with E-state index < -0.39 is 0 Å². The molecule has 5 nitrogen and oxygen atoms in total. The molecule has 0 fully saturated rings. The van der Waals surface area contributed by atoms with Gasteiger partial charge in [-0.15, -0.1) is 0 Å². The Balaban J connectivity index is 1.57. The zero-order valence-corrected chi connectivity index (χ0v) is 15.5. The van der Waals surface area contributed by atoms with Crippen LogP contribution >= 0.6 is 0 Å². The van der Waals surface area contributed by atoms with Crippen LogP contribution in [-0.2, 0) is 13.0 Å². The third-order valence-electron chi connectivity index (χ3n) is 4.25. The number of nitrogen functional groups attached to an aromatic ring is 1. The SMILES string of the molecule is CCc1ccc(Oc2ccc(CNC(=O)c3ccc(C)nc3N)cc2)cc1. The molecule has 0 atom stereocenters. The normalized spacial score (nSPS) is 10.4. The number of nitrogens with two attached hydrogens (primary N) is 1. The lowest BCUT2D eigenvalue weighted by Gasteiger charge is -2.09. The highest BCUT2D eigenvalue weighted by Gasteiger charge is 2.10. The van der Waals surface area contributed by atoms with Crippen LogP contribution in [0.1, 0.15) is 34.1 Å². The Labute approximate surface area is 159 Å². The first-order valence-electron chi connectivity index (χ1n) is 8.92. The van der Waals surface area contributed by atoms with Crippen molar-refractivity contribution in [2.75, 3.05) is 5.73 Å². The minimum absolute atomic E-state index is 0.239. The predicted octanol–water partition coefficient (Wildman–Crippen LogP) is 4.26. The van der Waals surface area contributed by atoms with Gasteiger partial charge < -0.3 is 15.8 Å². The summed E-state index contributed by atoms with van der Waals surface area (Å²) < 4.78 is 5.84. The summed E-state index contributed by atoms with van der Waals surface area (Å²) >= 11 is 0. The van der Waals surface area contributed by atoms with Gasteiger partial charge in [-0.2, -0.15) is 0 Å². The van der Waals surface area contributed by atoms with Gasteiger partial charge in [-0.3, -0.25) is 4.79 Å². The maximum absolute atomic E-state index is 12.3. The Morgan fingerprint density at radius 2 is 1.56 bits per heavy atom. The topological polar surface area (TPSA) is 77.2 Å². The highest BCUT2D eigenvalue weighted by molar-refractivity contribution is 5.98. The lowest BCUT2D eigenvalue weighted by molar-refractivity contribution is 0.0951. The molecule has 0 aliphatic carbocycles. The molecule has 0 radical (unpaired) electrons. The molecule has 0 aliphatic rings. The van der Waals surface area contributed by atoms with E-state index in [0.29, 0.717) is 12.1 Å². The fourth-order valence-corrected chi connectivity index (χ4v) is 2.65. The number of carbonyl (C=O) groups is 1. The molecular formula is C22H23N3O2. The van der Waals surface area contributed by atoms with Gasteiger partial charge in [0.05, 0.1) is 5.56 Å². The number of benzene rings is 2. The average Bonchev–Trinajstić information content (AvgIpc) is 2.68. The van der Waals surface area contributed by atoms with Crippen LogP contribution < -0.4 is 15.8 Å². The van der Waals surface area contributed by atoms with E-state index in [4.69, 9.17) is 10.5 Å². The van der Waals surface area contributed by atoms with Crippen molar-refractivity contribution in [2.45, 2.75) is 26.8 Å². The maximum Gasteiger partial charge on any atom is 0.255 e. The lowest BCUT2D eigenvalue weighted by atomic mass is 10.1. The number of nitrogens with zero attached hydrogens (tertiary/aromatic N) is 1. The Kier molecular flexibility index (Phi) is 5.71. The van der Waals surface area contributed by atoms with Crippen LogP contribution in [-0.4, -0.2) is 10.9 Å². The van der Waals surface area contributed by atoms with Gasteiger partial charge in [-0.05, 0) is 60.9 Å². The molecule has 3 N–H and O–H groups in total. The van der Waals surface area contributed by atoms with Crippen LogP contribution in [0.4, 0.5) is 5.82 Å². The fraction of sp³-hybridized carbons (Fsp3) is 0.182. The summed E-state index contributed by atoms with van der Waals surface area (Å²) in [6, 6.07) is 19.1. The van der Waals surface area contributed by atoms with Crippen LogP contribution in [0, 0.1) is 6.92 Å². The van der Waals surface area contributed by atoms with E-state index in [1.54, 1.807) is 12.1 Å². The molecule has 0 spiro atoms. The zero-order chi connectivity index (χ0) is 19.2. The molecule has 138 valence electrons. The predicted molar refractivity (Wildman–Crippen MR) is 107 cm³/mol. The minimum Gasteiger partial charge on any atom is -0.457 e. The molecule has 1 amide bonds. The second kappa shape index (κ2) is 8.36. The van der Waals surface area contributed by atoms with Crippen molar-refractivity contribution in [3.63, 3.8) is 0 Å². The number of carbonyl (C=O) groups excluding carboxylic acids is 1. The number of rotatable bonds is 6. The molecule has 3 aromatic rings. The van der Waals surface area contributed by atoms with E-state index in [-0.39, 0.29) is 11.7 Å². The van der Waals surface area contributed by atoms with Crippen LogP contribution in [0.5, 0.6) is 11.5 Å². The van der Waals surface area contributed by atoms with Gasteiger partial charge in [0.25, 0.3) is 5.91 Å². The Bertz CT molecular complexity index is 919. The van der Waals surface area contributed by atoms with Gasteiger partial charge >= 0.3 is 0 Å². The first kappa shape index (κ1) is 18.5. The molecule has 0 saturated heterocycles. The number of nitrogens with one attached hydrogen (secondary N) is 1. The van der Waals surface area contributed by atoms with Crippen molar-refractivity contribution < 1.29 is 9.53 Å². The quantitative estimate of drug-likeness (QED) is 0.688. The van der Waals surface area contributed by atoms with Crippen LogP contribution in [0.25, 0.3) is 0 Å². The molecule has 1 aromatic heterocycles. The molecule has 5 heteroatoms.